The minimum atomic E-state index is 0. The van der Waals surface area contributed by atoms with E-state index in [4.69, 9.17) is 0 Å². The van der Waals surface area contributed by atoms with E-state index in [1.807, 2.05) is 0 Å². The maximum atomic E-state index is 2.33. The molecule has 9 radical (unpaired) electrons. The molecule has 0 nitrogen and oxygen atoms in total. The number of benzene rings is 10. The number of hydrogen-bond donors (Lipinski definition) is 0. The Morgan fingerprint density at radius 3 is 0.875 bits per heavy atom. The summed E-state index contributed by atoms with van der Waals surface area (Å²) in [5.74, 6) is 0. The second-order valence-corrected chi connectivity index (χ2v) is 27.6. The third-order valence-electron chi connectivity index (χ3n) is 11.5. The molecule has 0 saturated carbocycles. The molecule has 4 heteroatoms. The molecule has 0 aliphatic carbocycles. The van der Waals surface area contributed by atoms with Gasteiger partial charge in [-0.05, 0) is 125 Å². The minimum absolute atomic E-state index is 0. The van der Waals surface area contributed by atoms with E-state index in [0.29, 0.717) is 16.2 Å². The smallest absolute Gasteiger partial charge is 0 e. The van der Waals surface area contributed by atoms with Gasteiger partial charge >= 0.3 is 0 Å². The summed E-state index contributed by atoms with van der Waals surface area (Å²) in [6.45, 7) is 46.7. The molecule has 0 aliphatic rings. The highest BCUT2D eigenvalue weighted by molar-refractivity contribution is 6.26. The first kappa shape index (κ1) is 83.2. The van der Waals surface area contributed by atoms with Crippen LogP contribution in [0.2, 0.25) is 0 Å². The molecule has 80 heavy (non-hydrogen) atoms. The van der Waals surface area contributed by atoms with E-state index in [0.717, 1.165) is 0 Å². The van der Waals surface area contributed by atoms with Crippen molar-refractivity contribution in [3.63, 3.8) is 0 Å². The second kappa shape index (κ2) is 32.7. The molecule has 0 heterocycles. The standard InChI is InChI=1S/C22H14.C20H18.C14H22.3C5H12.5CH4.3B.FH.2H2/c1-2-5-15(6-3-1)19-13-11-18-10-9-16-7-4-8-17-12-14-20(19)22(18)21(16)17;1-20(2,3)17-12-10-15-8-7-13-5-4-6-14-9-11-16(17)19(15)18(13)14;1-13(2,3)11-8-7-9-12(10-11)14(4,5)6;3*1-5(2,3)4;;;;;;;;;;;/h1-14H;4-12H,1-3H3;7-10H,1-6H3;3*1-4H3;5*1H4;;;;3*1H/i;;;;;;;;;;;;;;;2*1+1. The Morgan fingerprint density at radius 2 is 0.537 bits per heavy atom. The minimum Gasteiger partial charge on any atom is -0.269 e. The Balaban J connectivity index is -0.000000175. The van der Waals surface area contributed by atoms with Gasteiger partial charge in [0.15, 0.2) is 0 Å². The van der Waals surface area contributed by atoms with E-state index in [1.54, 1.807) is 0 Å². The molecule has 0 saturated heterocycles. The highest BCUT2D eigenvalue weighted by atomic mass is 19.0. The van der Waals surface area contributed by atoms with Gasteiger partial charge in [-0.1, -0.05) is 346 Å². The van der Waals surface area contributed by atoms with Gasteiger partial charge in [-0.2, -0.15) is 0 Å². The van der Waals surface area contributed by atoms with Gasteiger partial charge in [-0.25, -0.2) is 0 Å². The Bertz CT molecular complexity index is 3170. The van der Waals surface area contributed by atoms with E-state index in [1.165, 1.54) is 92.5 Å². The highest BCUT2D eigenvalue weighted by Gasteiger charge is 2.20. The van der Waals surface area contributed by atoms with Crippen molar-refractivity contribution >= 4 is 89.9 Å². The van der Waals surface area contributed by atoms with Crippen molar-refractivity contribution in [3.8, 4) is 11.1 Å². The van der Waals surface area contributed by atoms with Gasteiger partial charge in [0, 0.05) is 28.1 Å². The zero-order valence-corrected chi connectivity index (χ0v) is 50.2. The molecule has 0 fully saturated rings. The van der Waals surface area contributed by atoms with Gasteiger partial charge in [0.2, 0.25) is 0 Å². The Morgan fingerprint density at radius 1 is 0.263 bits per heavy atom. The van der Waals surface area contributed by atoms with Crippen molar-refractivity contribution in [3.05, 3.63) is 180 Å². The van der Waals surface area contributed by atoms with E-state index in [-0.39, 0.29) is 86.2 Å². The van der Waals surface area contributed by atoms with Gasteiger partial charge < -0.3 is 0 Å². The summed E-state index contributed by atoms with van der Waals surface area (Å²) < 4.78 is 0. The fourth-order valence-electron chi connectivity index (χ4n) is 8.45. The van der Waals surface area contributed by atoms with Crippen LogP contribution in [0.15, 0.2) is 164 Å². The van der Waals surface area contributed by atoms with Crippen LogP contribution in [0.3, 0.4) is 0 Å². The zero-order chi connectivity index (χ0) is 52.9. The first-order valence-corrected chi connectivity index (χ1v) is 26.2. The monoisotopic (exact) mass is 1080 g/mol. The highest BCUT2D eigenvalue weighted by Crippen LogP contribution is 2.41. The fraction of sp³-hybridized carbons (Fsp3) is 0.421. The summed E-state index contributed by atoms with van der Waals surface area (Å²) in [4.78, 5) is 0. The van der Waals surface area contributed by atoms with Gasteiger partial charge in [0.1, 0.15) is 0 Å². The van der Waals surface area contributed by atoms with Crippen LogP contribution in [0.4, 0.5) is 4.70 Å². The van der Waals surface area contributed by atoms with Crippen molar-refractivity contribution in [2.24, 2.45) is 16.2 Å². The van der Waals surface area contributed by atoms with Crippen molar-refractivity contribution in [2.75, 3.05) is 0 Å². The summed E-state index contributed by atoms with van der Waals surface area (Å²) in [5.41, 5.74) is 9.04. The molecule has 0 N–H and O–H groups in total. The van der Waals surface area contributed by atoms with Crippen molar-refractivity contribution in [1.82, 2.24) is 0 Å². The van der Waals surface area contributed by atoms with Crippen LogP contribution >= 0.6 is 0 Å². The van der Waals surface area contributed by atoms with Crippen LogP contribution in [0.25, 0.3) is 75.8 Å². The van der Waals surface area contributed by atoms with E-state index < -0.39 is 0 Å². The summed E-state index contributed by atoms with van der Waals surface area (Å²) in [7, 11) is 0. The van der Waals surface area contributed by atoms with Gasteiger partial charge in [0.25, 0.3) is 0 Å². The molecule has 0 unspecified atom stereocenters. The Hall–Kier alpha value is -5.60. The summed E-state index contributed by atoms with van der Waals surface area (Å²) in [5, 5.41) is 16.3. The number of rotatable bonds is 1. The summed E-state index contributed by atoms with van der Waals surface area (Å²) in [6, 6.07) is 59.8. The van der Waals surface area contributed by atoms with Crippen LogP contribution in [0.5, 0.6) is 0 Å². The summed E-state index contributed by atoms with van der Waals surface area (Å²) >= 11 is 0. The Labute approximate surface area is 501 Å². The first-order valence-electron chi connectivity index (χ1n) is 26.2. The topological polar surface area (TPSA) is 0 Å². The molecule has 0 aromatic heterocycles. The molecule has 0 spiro atoms. The van der Waals surface area contributed by atoms with Crippen molar-refractivity contribution in [2.45, 2.75) is 199 Å². The summed E-state index contributed by atoms with van der Waals surface area (Å²) in [6.07, 6.45) is 0. The molecule has 10 rings (SSSR count). The average molecular weight is 1080 g/mol. The quantitative estimate of drug-likeness (QED) is 0.114. The van der Waals surface area contributed by atoms with Gasteiger partial charge in [-0.15, -0.1) is 0 Å². The first-order chi connectivity index (χ1) is 32.7. The third-order valence-corrected chi connectivity index (χ3v) is 11.5. The van der Waals surface area contributed by atoms with Crippen molar-refractivity contribution < 1.29 is 7.56 Å². The number of hydrogen-bond acceptors (Lipinski definition) is 0. The van der Waals surface area contributed by atoms with E-state index in [2.05, 4.69) is 309 Å². The van der Waals surface area contributed by atoms with E-state index in [9.17, 15) is 0 Å². The maximum Gasteiger partial charge on any atom is 0 e. The van der Waals surface area contributed by atoms with Crippen LogP contribution in [-0.2, 0) is 16.2 Å². The third kappa shape index (κ3) is 23.9. The molecular formula is C76H115B3F. The Kier molecular flexibility index (Phi) is 34.1. The largest absolute Gasteiger partial charge is 0.269 e. The predicted octanol–water partition coefficient (Wildman–Crippen LogP) is 25.3. The molecule has 0 atom stereocenters. The molecule has 0 aliphatic heterocycles. The van der Waals surface area contributed by atoms with Gasteiger partial charge in [-0.3, -0.25) is 4.70 Å². The molecule has 435 valence electrons. The molecule has 0 bridgehead atoms. The molecule has 10 aromatic rings. The lowest BCUT2D eigenvalue weighted by atomic mass is 9.81. The normalized spacial score (nSPS) is 10.9. The van der Waals surface area contributed by atoms with Crippen LogP contribution in [-0.4, -0.2) is 25.2 Å². The second-order valence-electron chi connectivity index (χ2n) is 27.6. The predicted molar refractivity (Wildman–Crippen MR) is 381 cm³/mol. The number of halogens is 1. The lowest BCUT2D eigenvalue weighted by Gasteiger charge is -2.24. The van der Waals surface area contributed by atoms with Gasteiger partial charge in [0.05, 0.1) is 0 Å². The van der Waals surface area contributed by atoms with Crippen molar-refractivity contribution in [1.29, 1.82) is 0 Å². The van der Waals surface area contributed by atoms with E-state index >= 15 is 0 Å². The lowest BCUT2D eigenvalue weighted by molar-refractivity contribution is 0.469. The molecular weight excluding hydrogens is 964 g/mol. The molecule has 0 amide bonds. The fourth-order valence-corrected chi connectivity index (χ4v) is 8.45. The van der Waals surface area contributed by atoms with Crippen LogP contribution in [0.1, 0.15) is 202 Å². The van der Waals surface area contributed by atoms with Crippen LogP contribution in [0, 0.1) is 16.2 Å². The average Bonchev–Trinajstić information content (AvgIpc) is 3.25. The molecule has 10 aromatic carbocycles. The lowest BCUT2D eigenvalue weighted by Crippen LogP contribution is -2.15. The SMILES string of the molecule is C.C.C.C.C.CC(C)(C)C.CC(C)(C)C.CC(C)(C)C.CC(C)(C)c1ccc2ccc3cccc4ccc1c2c34.CC(C)(C)c1cccc(C(C)(C)C)c1.F.[2HH].[2HH].[B].[B].[B].c1ccc(-c2ccc3ccc4cccc5ccc2c3c45)cc1. The van der Waals surface area contributed by atoms with Crippen LogP contribution < -0.4 is 0 Å². The zero-order valence-electron chi connectivity index (χ0n) is 50.2. The maximum absolute atomic E-state index is 2.33.